The van der Waals surface area contributed by atoms with E-state index in [4.69, 9.17) is 0 Å². The number of allylic oxidation sites excluding steroid dienone is 1. The third kappa shape index (κ3) is 3.46. The molecule has 1 aromatic carbocycles. The van der Waals surface area contributed by atoms with E-state index in [-0.39, 0.29) is 5.12 Å². The lowest BCUT2D eigenvalue weighted by Crippen LogP contribution is -1.83. The van der Waals surface area contributed by atoms with E-state index in [0.717, 1.165) is 28.6 Å². The molecule has 0 aliphatic carbocycles. The Balaban J connectivity index is 1.93. The number of benzene rings is 1. The number of rotatable bonds is 4. The Morgan fingerprint density at radius 1 is 1.53 bits per heavy atom. The number of hydrogen-bond acceptors (Lipinski definition) is 3. The van der Waals surface area contributed by atoms with Gasteiger partial charge in [-0.15, -0.1) is 0 Å². The fourth-order valence-electron chi connectivity index (χ4n) is 1.55. The van der Waals surface area contributed by atoms with Gasteiger partial charge >= 0.3 is 0 Å². The molecule has 1 heterocycles. The van der Waals surface area contributed by atoms with E-state index in [1.807, 2.05) is 12.3 Å². The van der Waals surface area contributed by atoms with Crippen LogP contribution in [0.1, 0.15) is 18.9 Å². The molecule has 2 aromatic rings. The molecule has 0 fully saturated rings. The maximum Gasteiger partial charge on any atom is 0.185 e. The van der Waals surface area contributed by atoms with E-state index in [9.17, 15) is 4.79 Å². The summed E-state index contributed by atoms with van der Waals surface area (Å²) >= 11 is 1.37. The lowest BCUT2D eigenvalue weighted by atomic mass is 10.1. The number of carbonyl (C=O) groups excluding carboxylic acids is 1. The van der Waals surface area contributed by atoms with Gasteiger partial charge in [0.05, 0.1) is 11.7 Å². The zero-order chi connectivity index (χ0) is 12.1. The van der Waals surface area contributed by atoms with Crippen LogP contribution >= 0.6 is 11.8 Å². The molecule has 4 heteroatoms. The van der Waals surface area contributed by atoms with Crippen molar-refractivity contribution in [3.63, 3.8) is 0 Å². The molecule has 0 spiro atoms. The minimum absolute atomic E-state index is 0.179. The summed E-state index contributed by atoms with van der Waals surface area (Å²) in [4.78, 5) is 10.7. The molecule has 0 unspecified atom stereocenters. The minimum atomic E-state index is 0.179. The number of nitrogens with zero attached hydrogens (tertiary/aromatic N) is 1. The largest absolute Gasteiger partial charge is 0.288 e. The van der Waals surface area contributed by atoms with Crippen LogP contribution in [-0.4, -0.2) is 21.1 Å². The van der Waals surface area contributed by atoms with Crippen LogP contribution in [0.2, 0.25) is 0 Å². The van der Waals surface area contributed by atoms with Crippen LogP contribution in [0.15, 0.2) is 30.5 Å². The first kappa shape index (κ1) is 11.9. The van der Waals surface area contributed by atoms with Crippen LogP contribution in [-0.2, 0) is 4.79 Å². The summed E-state index contributed by atoms with van der Waals surface area (Å²) < 4.78 is 0. The van der Waals surface area contributed by atoms with Crippen LogP contribution in [0, 0.1) is 0 Å². The van der Waals surface area contributed by atoms with Gasteiger partial charge in [-0.1, -0.05) is 30.0 Å². The van der Waals surface area contributed by atoms with Gasteiger partial charge in [-0.25, -0.2) is 0 Å². The van der Waals surface area contributed by atoms with Crippen molar-refractivity contribution in [2.75, 3.05) is 5.75 Å². The summed E-state index contributed by atoms with van der Waals surface area (Å²) in [6, 6.07) is 6.16. The van der Waals surface area contributed by atoms with Crippen molar-refractivity contribution in [2.24, 2.45) is 0 Å². The van der Waals surface area contributed by atoms with Crippen LogP contribution in [0.3, 0.4) is 0 Å². The first-order valence-electron chi connectivity index (χ1n) is 5.49. The molecule has 1 N–H and O–H groups in total. The highest BCUT2D eigenvalue weighted by molar-refractivity contribution is 8.13. The number of fused-ring (bicyclic) bond motifs is 1. The van der Waals surface area contributed by atoms with Crippen molar-refractivity contribution in [2.45, 2.75) is 13.3 Å². The summed E-state index contributed by atoms with van der Waals surface area (Å²) in [5, 5.41) is 8.20. The van der Waals surface area contributed by atoms with E-state index in [0.29, 0.717) is 0 Å². The molecule has 17 heavy (non-hydrogen) atoms. The van der Waals surface area contributed by atoms with E-state index >= 15 is 0 Å². The van der Waals surface area contributed by atoms with Gasteiger partial charge in [0, 0.05) is 18.1 Å². The summed E-state index contributed by atoms with van der Waals surface area (Å²) in [5.41, 5.74) is 2.21. The lowest BCUT2D eigenvalue weighted by Gasteiger charge is -1.94. The van der Waals surface area contributed by atoms with Gasteiger partial charge < -0.3 is 0 Å². The number of aromatic amines is 1. The second-order valence-electron chi connectivity index (χ2n) is 3.75. The molecular formula is C13H14N2OS. The lowest BCUT2D eigenvalue weighted by molar-refractivity contribution is -0.109. The highest BCUT2D eigenvalue weighted by atomic mass is 32.2. The Hall–Kier alpha value is -1.55. The van der Waals surface area contributed by atoms with Gasteiger partial charge in [0.15, 0.2) is 5.12 Å². The van der Waals surface area contributed by atoms with Crippen molar-refractivity contribution in [3.05, 3.63) is 36.0 Å². The number of carbonyl (C=O) groups is 1. The molecule has 2 rings (SSSR count). The summed E-state index contributed by atoms with van der Waals surface area (Å²) in [5.74, 6) is 0.847. The summed E-state index contributed by atoms with van der Waals surface area (Å²) in [7, 11) is 0. The average Bonchev–Trinajstić information content (AvgIpc) is 2.75. The molecule has 0 radical (unpaired) electrons. The number of nitrogens with one attached hydrogen (secondary N) is 1. The zero-order valence-electron chi connectivity index (χ0n) is 9.64. The molecule has 0 amide bonds. The van der Waals surface area contributed by atoms with Gasteiger partial charge in [0.2, 0.25) is 0 Å². The molecule has 1 aromatic heterocycles. The fourth-order valence-corrected chi connectivity index (χ4v) is 2.10. The van der Waals surface area contributed by atoms with Crippen LogP contribution in [0.5, 0.6) is 0 Å². The van der Waals surface area contributed by atoms with Crippen molar-refractivity contribution in [3.8, 4) is 0 Å². The first-order chi connectivity index (χ1) is 8.25. The zero-order valence-corrected chi connectivity index (χ0v) is 10.5. The first-order valence-corrected chi connectivity index (χ1v) is 6.47. The molecule has 0 bridgehead atoms. The Kier molecular flexibility index (Phi) is 3.98. The summed E-state index contributed by atoms with van der Waals surface area (Å²) in [6.45, 7) is 1.60. The van der Waals surface area contributed by atoms with E-state index < -0.39 is 0 Å². The van der Waals surface area contributed by atoms with E-state index in [1.165, 1.54) is 11.8 Å². The minimum Gasteiger partial charge on any atom is -0.288 e. The standard InChI is InChI=1S/C13H14N2OS/c1-10(16)17-7-3-2-4-11-5-6-13-12(8-11)9-14-15-13/h2,4-6,8-9H,3,7H2,1H3,(H,14,15). The Labute approximate surface area is 104 Å². The number of hydrogen-bond donors (Lipinski definition) is 1. The van der Waals surface area contributed by atoms with E-state index in [1.54, 1.807) is 6.92 Å². The SMILES string of the molecule is CC(=O)SCCC=Cc1ccc2[nH]ncc2c1. The highest BCUT2D eigenvalue weighted by Crippen LogP contribution is 2.14. The average molecular weight is 246 g/mol. The van der Waals surface area contributed by atoms with Crippen molar-refractivity contribution in [1.82, 2.24) is 10.2 Å². The highest BCUT2D eigenvalue weighted by Gasteiger charge is 1.95. The van der Waals surface area contributed by atoms with E-state index in [2.05, 4.69) is 34.5 Å². The van der Waals surface area contributed by atoms with Crippen molar-refractivity contribution >= 4 is 33.9 Å². The third-order valence-electron chi connectivity index (χ3n) is 2.36. The predicted molar refractivity (Wildman–Crippen MR) is 72.9 cm³/mol. The van der Waals surface area contributed by atoms with Crippen molar-refractivity contribution in [1.29, 1.82) is 0 Å². The van der Waals surface area contributed by atoms with Crippen molar-refractivity contribution < 1.29 is 4.79 Å². The molecular weight excluding hydrogens is 232 g/mol. The number of H-pyrrole nitrogens is 1. The van der Waals surface area contributed by atoms with Gasteiger partial charge in [-0.3, -0.25) is 9.89 Å². The molecule has 0 aliphatic heterocycles. The Bertz CT molecular complexity index is 545. The Morgan fingerprint density at radius 3 is 3.24 bits per heavy atom. The monoisotopic (exact) mass is 246 g/mol. The molecule has 3 nitrogen and oxygen atoms in total. The molecule has 88 valence electrons. The molecule has 0 aliphatic rings. The van der Waals surface area contributed by atoms with Gasteiger partial charge in [0.25, 0.3) is 0 Å². The maximum absolute atomic E-state index is 10.7. The molecule has 0 saturated carbocycles. The fraction of sp³-hybridized carbons (Fsp3) is 0.231. The molecule has 0 atom stereocenters. The Morgan fingerprint density at radius 2 is 2.41 bits per heavy atom. The molecule has 0 saturated heterocycles. The van der Waals surface area contributed by atoms with Crippen LogP contribution in [0.4, 0.5) is 0 Å². The predicted octanol–water partition coefficient (Wildman–Crippen LogP) is 3.25. The van der Waals surface area contributed by atoms with Gasteiger partial charge in [-0.05, 0) is 24.1 Å². The van der Waals surface area contributed by atoms with Gasteiger partial charge in [0.1, 0.15) is 0 Å². The van der Waals surface area contributed by atoms with Crippen LogP contribution in [0.25, 0.3) is 17.0 Å². The second kappa shape index (κ2) is 5.68. The number of thioether (sulfide) groups is 1. The normalized spacial score (nSPS) is 11.4. The maximum atomic E-state index is 10.7. The summed E-state index contributed by atoms with van der Waals surface area (Å²) in [6.07, 6.45) is 6.90. The quantitative estimate of drug-likeness (QED) is 0.842. The van der Waals surface area contributed by atoms with Crippen LogP contribution < -0.4 is 0 Å². The third-order valence-corrected chi connectivity index (χ3v) is 3.21. The smallest absolute Gasteiger partial charge is 0.185 e. The topological polar surface area (TPSA) is 45.8 Å². The van der Waals surface area contributed by atoms with Gasteiger partial charge in [-0.2, -0.15) is 5.10 Å². The second-order valence-corrected chi connectivity index (χ2v) is 5.02. The number of aromatic nitrogens is 2.